The summed E-state index contributed by atoms with van der Waals surface area (Å²) in [5, 5.41) is 0.904. The van der Waals surface area contributed by atoms with Crippen molar-refractivity contribution in [3.05, 3.63) is 62.1 Å². The third-order valence-electron chi connectivity index (χ3n) is 4.74. The third-order valence-corrected chi connectivity index (χ3v) is 5.79. The Morgan fingerprint density at radius 1 is 1.17 bits per heavy atom. The first-order valence-electron chi connectivity index (χ1n) is 9.77. The van der Waals surface area contributed by atoms with Crippen molar-refractivity contribution in [3.8, 4) is 0 Å². The van der Waals surface area contributed by atoms with Gasteiger partial charge in [-0.2, -0.15) is 0 Å². The number of hydrogen-bond acceptors (Lipinski definition) is 6. The van der Waals surface area contributed by atoms with E-state index in [0.29, 0.717) is 39.7 Å². The van der Waals surface area contributed by atoms with Crippen LogP contribution in [0.4, 0.5) is 0 Å². The largest absolute Gasteiger partial charge is 0.366 e. The van der Waals surface area contributed by atoms with E-state index >= 15 is 0 Å². The van der Waals surface area contributed by atoms with Gasteiger partial charge in [0.25, 0.3) is 5.56 Å². The molecule has 0 unspecified atom stereocenters. The smallest absolute Gasteiger partial charge is 0.332 e. The van der Waals surface area contributed by atoms with Crippen molar-refractivity contribution in [1.82, 2.24) is 19.1 Å². The number of fused-ring (bicyclic) bond motifs is 1. The molecule has 0 radical (unpaired) electrons. The van der Waals surface area contributed by atoms with Crippen LogP contribution in [-0.4, -0.2) is 25.0 Å². The number of hydrogen-bond donors (Lipinski definition) is 1. The van der Waals surface area contributed by atoms with Crippen molar-refractivity contribution in [2.75, 3.05) is 0 Å². The summed E-state index contributed by atoms with van der Waals surface area (Å²) in [7, 11) is 1.48. The van der Waals surface area contributed by atoms with Crippen molar-refractivity contribution in [3.63, 3.8) is 0 Å². The molecule has 0 aliphatic heterocycles. The Morgan fingerprint density at radius 2 is 1.83 bits per heavy atom. The highest BCUT2D eigenvalue weighted by Crippen LogP contribution is 2.27. The van der Waals surface area contributed by atoms with Gasteiger partial charge in [0.2, 0.25) is 5.91 Å². The van der Waals surface area contributed by atoms with Gasteiger partial charge in [-0.1, -0.05) is 32.9 Å². The number of carbonyl (C=O) groups excluding carboxylic acids is 1. The normalized spacial score (nSPS) is 11.4. The van der Waals surface area contributed by atoms with Gasteiger partial charge >= 0.3 is 5.69 Å². The number of thioether (sulfide) groups is 1. The Balaban J connectivity index is 2.13. The molecule has 0 spiro atoms. The molecule has 2 aromatic heterocycles. The summed E-state index contributed by atoms with van der Waals surface area (Å²) < 4.78 is 2.66. The van der Waals surface area contributed by atoms with Crippen LogP contribution in [0.1, 0.15) is 54.9 Å². The van der Waals surface area contributed by atoms with Crippen molar-refractivity contribution in [2.45, 2.75) is 50.4 Å². The number of aryl methyl sites for hydroxylation is 1. The second-order valence-electron chi connectivity index (χ2n) is 7.39. The van der Waals surface area contributed by atoms with Gasteiger partial charge in [0.1, 0.15) is 16.2 Å². The lowest BCUT2D eigenvalue weighted by atomic mass is 10.1. The summed E-state index contributed by atoms with van der Waals surface area (Å²) >= 11 is 1.41. The van der Waals surface area contributed by atoms with Gasteiger partial charge in [-0.25, -0.2) is 14.8 Å². The Bertz CT molecular complexity index is 1210. The number of primary amides is 1. The Labute approximate surface area is 178 Å². The van der Waals surface area contributed by atoms with E-state index in [0.717, 1.165) is 16.6 Å². The molecule has 0 bridgehead atoms. The average molecular weight is 428 g/mol. The number of rotatable bonds is 7. The molecule has 3 aromatic rings. The second-order valence-corrected chi connectivity index (χ2v) is 8.35. The van der Waals surface area contributed by atoms with Crippen LogP contribution >= 0.6 is 11.8 Å². The highest BCUT2D eigenvalue weighted by molar-refractivity contribution is 7.98. The molecule has 30 heavy (non-hydrogen) atoms. The maximum atomic E-state index is 12.9. The number of aromatic nitrogens is 4. The van der Waals surface area contributed by atoms with Crippen molar-refractivity contribution in [2.24, 2.45) is 12.8 Å². The zero-order valence-electron chi connectivity index (χ0n) is 17.5. The molecule has 2 heterocycles. The molecule has 0 saturated heterocycles. The fourth-order valence-electron chi connectivity index (χ4n) is 3.06. The summed E-state index contributed by atoms with van der Waals surface area (Å²) in [4.78, 5) is 46.1. The minimum atomic E-state index is -0.477. The molecule has 2 N–H and O–H groups in total. The second kappa shape index (κ2) is 8.83. The Morgan fingerprint density at radius 3 is 2.40 bits per heavy atom. The molecular formula is C21H25N5O3S. The fourth-order valence-corrected chi connectivity index (χ4v) is 4.04. The first-order chi connectivity index (χ1) is 14.2. The van der Waals surface area contributed by atoms with Crippen LogP contribution in [0.2, 0.25) is 0 Å². The van der Waals surface area contributed by atoms with Crippen molar-refractivity contribution >= 4 is 28.7 Å². The summed E-state index contributed by atoms with van der Waals surface area (Å²) in [6, 6.07) is 7.00. The summed E-state index contributed by atoms with van der Waals surface area (Å²) in [5.41, 5.74) is 6.30. The first kappa shape index (κ1) is 21.8. The maximum absolute atomic E-state index is 12.9. The van der Waals surface area contributed by atoms with Crippen LogP contribution in [-0.2, 0) is 19.3 Å². The van der Waals surface area contributed by atoms with Crippen LogP contribution in [0, 0.1) is 0 Å². The average Bonchev–Trinajstić information content (AvgIpc) is 2.73. The molecule has 0 saturated carbocycles. The Kier molecular flexibility index (Phi) is 6.40. The molecule has 1 amide bonds. The minimum Gasteiger partial charge on any atom is -0.366 e. The highest BCUT2D eigenvalue weighted by atomic mass is 32.2. The summed E-state index contributed by atoms with van der Waals surface area (Å²) in [5.74, 6) is 0.693. The molecule has 1 aromatic carbocycles. The van der Waals surface area contributed by atoms with Gasteiger partial charge in [0.05, 0.1) is 0 Å². The lowest BCUT2D eigenvalue weighted by Crippen LogP contribution is -2.39. The van der Waals surface area contributed by atoms with Gasteiger partial charge < -0.3 is 5.73 Å². The third kappa shape index (κ3) is 4.16. The van der Waals surface area contributed by atoms with Crippen LogP contribution in [0.5, 0.6) is 0 Å². The summed E-state index contributed by atoms with van der Waals surface area (Å²) in [6.45, 7) is 6.39. The molecule has 0 fully saturated rings. The lowest BCUT2D eigenvalue weighted by Gasteiger charge is -2.15. The molecular weight excluding hydrogens is 402 g/mol. The molecule has 9 heteroatoms. The van der Waals surface area contributed by atoms with E-state index in [-0.39, 0.29) is 11.6 Å². The van der Waals surface area contributed by atoms with Gasteiger partial charge in [0.15, 0.2) is 5.65 Å². The van der Waals surface area contributed by atoms with E-state index in [9.17, 15) is 14.4 Å². The van der Waals surface area contributed by atoms with E-state index in [1.165, 1.54) is 18.8 Å². The molecule has 3 rings (SSSR count). The number of carbonyl (C=O) groups is 1. The molecule has 158 valence electrons. The maximum Gasteiger partial charge on any atom is 0.332 e. The topological polar surface area (TPSA) is 113 Å². The molecule has 8 nitrogen and oxygen atoms in total. The zero-order valence-corrected chi connectivity index (χ0v) is 18.3. The highest BCUT2D eigenvalue weighted by Gasteiger charge is 2.19. The lowest BCUT2D eigenvalue weighted by molar-refractivity contribution is 0.100. The number of benzene rings is 1. The van der Waals surface area contributed by atoms with Gasteiger partial charge in [-0.15, -0.1) is 11.8 Å². The monoisotopic (exact) mass is 427 g/mol. The van der Waals surface area contributed by atoms with E-state index in [4.69, 9.17) is 5.73 Å². The molecule has 0 aliphatic rings. The minimum absolute atomic E-state index is 0.0397. The first-order valence-corrected chi connectivity index (χ1v) is 10.8. The number of nitrogens with two attached hydrogens (primary N) is 1. The van der Waals surface area contributed by atoms with Crippen molar-refractivity contribution < 1.29 is 4.79 Å². The predicted molar refractivity (Wildman–Crippen MR) is 118 cm³/mol. The SMILES string of the molecule is CCCn1c(=O)n(C)c(=O)c2c(SCc3ccc(C(N)=O)cc3)nc(C(C)C)nc21. The van der Waals surface area contributed by atoms with Crippen LogP contribution in [0.3, 0.4) is 0 Å². The van der Waals surface area contributed by atoms with E-state index < -0.39 is 11.5 Å². The van der Waals surface area contributed by atoms with Gasteiger partial charge in [-0.3, -0.25) is 18.7 Å². The predicted octanol–water partition coefficient (Wildman–Crippen LogP) is 2.41. The van der Waals surface area contributed by atoms with Crippen molar-refractivity contribution in [1.29, 1.82) is 0 Å². The van der Waals surface area contributed by atoms with E-state index in [1.807, 2.05) is 32.9 Å². The van der Waals surface area contributed by atoms with Crippen LogP contribution in [0.15, 0.2) is 38.9 Å². The van der Waals surface area contributed by atoms with Crippen LogP contribution < -0.4 is 17.0 Å². The van der Waals surface area contributed by atoms with E-state index in [1.54, 1.807) is 16.7 Å². The van der Waals surface area contributed by atoms with Crippen LogP contribution in [0.25, 0.3) is 11.0 Å². The summed E-state index contributed by atoms with van der Waals surface area (Å²) in [6.07, 6.45) is 0.739. The van der Waals surface area contributed by atoms with E-state index in [2.05, 4.69) is 9.97 Å². The Hall–Kier alpha value is -2.94. The van der Waals surface area contributed by atoms with Gasteiger partial charge in [0, 0.05) is 30.8 Å². The van der Waals surface area contributed by atoms with Gasteiger partial charge in [-0.05, 0) is 24.1 Å². The zero-order chi connectivity index (χ0) is 22.0. The number of amides is 1. The molecule has 0 aliphatic carbocycles. The quantitative estimate of drug-likeness (QED) is 0.458. The standard InChI is InChI=1S/C21H25N5O3S/c1-5-10-26-18-15(20(28)25(4)21(26)29)19(24-17(23-18)12(2)3)30-11-13-6-8-14(9-7-13)16(22)27/h6-9,12H,5,10-11H2,1-4H3,(H2,22,27). The number of nitrogens with zero attached hydrogens (tertiary/aromatic N) is 4. The molecule has 0 atom stereocenters. The fraction of sp³-hybridized carbons (Fsp3) is 0.381.